The van der Waals surface area contributed by atoms with E-state index in [4.69, 9.17) is 4.74 Å². The predicted molar refractivity (Wildman–Crippen MR) is 153 cm³/mol. The number of anilines is 1. The fourth-order valence-corrected chi connectivity index (χ4v) is 5.81. The van der Waals surface area contributed by atoms with Crippen molar-refractivity contribution in [3.8, 4) is 22.6 Å². The molecule has 38 heavy (non-hydrogen) atoms. The fourth-order valence-electron chi connectivity index (χ4n) is 5.81. The minimum absolute atomic E-state index is 0.299. The normalized spacial score (nSPS) is 19.3. The average molecular weight is 511 g/mol. The summed E-state index contributed by atoms with van der Waals surface area (Å²) in [4.78, 5) is 22.4. The first-order valence-corrected chi connectivity index (χ1v) is 14.1. The number of ether oxygens (including phenoxy) is 1. The Morgan fingerprint density at radius 3 is 2.11 bits per heavy atom. The summed E-state index contributed by atoms with van der Waals surface area (Å²) in [5.41, 5.74) is 3.45. The molecule has 3 aromatic carbocycles. The molecule has 0 atom stereocenters. The lowest BCUT2D eigenvalue weighted by molar-refractivity contribution is -0.134. The third-order valence-electron chi connectivity index (χ3n) is 8.39. The van der Waals surface area contributed by atoms with Crippen LogP contribution in [-0.4, -0.2) is 85.6 Å². The lowest BCUT2D eigenvalue weighted by atomic mass is 9.91. The second kappa shape index (κ2) is 11.6. The van der Waals surface area contributed by atoms with Gasteiger partial charge in [0, 0.05) is 69.7 Å². The summed E-state index contributed by atoms with van der Waals surface area (Å²) >= 11 is 0. The van der Waals surface area contributed by atoms with Crippen LogP contribution >= 0.6 is 0 Å². The van der Waals surface area contributed by atoms with Gasteiger partial charge in [0.05, 0.1) is 6.54 Å². The zero-order chi connectivity index (χ0) is 25.7. The number of piperazine rings is 2. The van der Waals surface area contributed by atoms with Gasteiger partial charge in [-0.3, -0.25) is 14.6 Å². The number of hydrogen-bond donors (Lipinski definition) is 0. The molecule has 0 unspecified atom stereocenters. The molecule has 0 aromatic heterocycles. The maximum Gasteiger partial charge on any atom is 0.236 e. The molecule has 0 radical (unpaired) electrons. The summed E-state index contributed by atoms with van der Waals surface area (Å²) in [6, 6.07) is 27.7. The first kappa shape index (κ1) is 25.0. The Balaban J connectivity index is 1.01. The molecule has 6 heteroatoms. The Labute approximate surface area is 226 Å². The van der Waals surface area contributed by atoms with Gasteiger partial charge in [-0.15, -0.1) is 0 Å². The van der Waals surface area contributed by atoms with Gasteiger partial charge in [0.2, 0.25) is 5.91 Å². The quantitative estimate of drug-likeness (QED) is 0.449. The van der Waals surface area contributed by atoms with Crippen molar-refractivity contribution in [2.75, 3.05) is 63.8 Å². The van der Waals surface area contributed by atoms with Gasteiger partial charge in [0.1, 0.15) is 11.5 Å². The lowest BCUT2D eigenvalue weighted by Gasteiger charge is -2.43. The molecule has 1 saturated carbocycles. The van der Waals surface area contributed by atoms with E-state index in [1.807, 2.05) is 42.5 Å². The van der Waals surface area contributed by atoms with Crippen LogP contribution < -0.4 is 9.64 Å². The van der Waals surface area contributed by atoms with Crippen LogP contribution in [0.1, 0.15) is 19.3 Å². The van der Waals surface area contributed by atoms with E-state index < -0.39 is 0 Å². The molecule has 0 spiro atoms. The molecule has 198 valence electrons. The zero-order valence-corrected chi connectivity index (χ0v) is 22.2. The molecule has 1 amide bonds. The summed E-state index contributed by atoms with van der Waals surface area (Å²) in [6.07, 6.45) is 4.06. The van der Waals surface area contributed by atoms with Crippen molar-refractivity contribution in [3.63, 3.8) is 0 Å². The molecule has 2 heterocycles. The van der Waals surface area contributed by atoms with Gasteiger partial charge in [-0.2, -0.15) is 0 Å². The molecule has 0 N–H and O–H groups in total. The summed E-state index contributed by atoms with van der Waals surface area (Å²) in [7, 11) is 0. The molecule has 6 nitrogen and oxygen atoms in total. The highest BCUT2D eigenvalue weighted by molar-refractivity contribution is 5.78. The van der Waals surface area contributed by atoms with E-state index >= 15 is 0 Å². The topological polar surface area (TPSA) is 39.3 Å². The number of para-hydroxylation sites is 2. The third kappa shape index (κ3) is 5.71. The SMILES string of the molecule is O=C(CN1CCN(c2ccc(-c3ccccc3Oc3ccccc3)cc2)CC1)N1CCN(C2CCC2)CC1. The number of amides is 1. The van der Waals surface area contributed by atoms with Crippen LogP contribution in [0.15, 0.2) is 78.9 Å². The summed E-state index contributed by atoms with van der Waals surface area (Å²) in [6.45, 7) is 8.14. The lowest BCUT2D eigenvalue weighted by Crippen LogP contribution is -2.56. The van der Waals surface area contributed by atoms with Crippen molar-refractivity contribution in [1.29, 1.82) is 0 Å². The number of rotatable bonds is 7. The Morgan fingerprint density at radius 2 is 1.42 bits per heavy atom. The van der Waals surface area contributed by atoms with Gasteiger partial charge in [0.15, 0.2) is 0 Å². The molecule has 6 rings (SSSR count). The second-order valence-electron chi connectivity index (χ2n) is 10.7. The highest BCUT2D eigenvalue weighted by atomic mass is 16.5. The molecule has 0 bridgehead atoms. The highest BCUT2D eigenvalue weighted by Crippen LogP contribution is 2.34. The van der Waals surface area contributed by atoms with Crippen molar-refractivity contribution < 1.29 is 9.53 Å². The standard InChI is InChI=1S/C32H38N4O2/c37-32(36-23-21-35(22-24-36)27-7-6-8-27)25-33-17-19-34(20-18-33)28-15-13-26(14-16-28)30-11-4-5-12-31(30)38-29-9-2-1-3-10-29/h1-5,9-16,27H,6-8,17-25H2. The smallest absolute Gasteiger partial charge is 0.236 e. The molecule has 3 aliphatic rings. The van der Waals surface area contributed by atoms with Crippen LogP contribution in [0.3, 0.4) is 0 Å². The molecule has 2 aliphatic heterocycles. The maximum absolute atomic E-state index is 12.9. The minimum Gasteiger partial charge on any atom is -0.457 e. The van der Waals surface area contributed by atoms with E-state index in [9.17, 15) is 4.79 Å². The number of hydrogen-bond acceptors (Lipinski definition) is 5. The first-order chi connectivity index (χ1) is 18.7. The number of carbonyl (C=O) groups excluding carboxylic acids is 1. The van der Waals surface area contributed by atoms with Crippen LogP contribution in [0.4, 0.5) is 5.69 Å². The van der Waals surface area contributed by atoms with Gasteiger partial charge in [-0.05, 0) is 48.7 Å². The Bertz CT molecular complexity index is 1200. The van der Waals surface area contributed by atoms with Crippen molar-refractivity contribution in [2.24, 2.45) is 0 Å². The summed E-state index contributed by atoms with van der Waals surface area (Å²) in [5.74, 6) is 1.99. The molecule has 3 fully saturated rings. The molecule has 3 aromatic rings. The first-order valence-electron chi connectivity index (χ1n) is 14.1. The third-order valence-corrected chi connectivity index (χ3v) is 8.39. The van der Waals surface area contributed by atoms with E-state index in [1.54, 1.807) is 0 Å². The molecular weight excluding hydrogens is 472 g/mol. The van der Waals surface area contributed by atoms with E-state index in [1.165, 1.54) is 24.9 Å². The van der Waals surface area contributed by atoms with Gasteiger partial charge in [-0.1, -0.05) is 55.0 Å². The van der Waals surface area contributed by atoms with Crippen LogP contribution in [0.5, 0.6) is 11.5 Å². The Morgan fingerprint density at radius 1 is 0.737 bits per heavy atom. The van der Waals surface area contributed by atoms with Crippen molar-refractivity contribution in [3.05, 3.63) is 78.9 Å². The predicted octanol–water partition coefficient (Wildman–Crippen LogP) is 4.96. The molecular formula is C32H38N4O2. The monoisotopic (exact) mass is 510 g/mol. The highest BCUT2D eigenvalue weighted by Gasteiger charge is 2.30. The van der Waals surface area contributed by atoms with Crippen molar-refractivity contribution in [2.45, 2.75) is 25.3 Å². The van der Waals surface area contributed by atoms with Crippen LogP contribution in [0, 0.1) is 0 Å². The van der Waals surface area contributed by atoms with Gasteiger partial charge < -0.3 is 14.5 Å². The van der Waals surface area contributed by atoms with Crippen molar-refractivity contribution >= 4 is 11.6 Å². The van der Waals surface area contributed by atoms with E-state index in [0.717, 1.165) is 81.0 Å². The fraction of sp³-hybridized carbons (Fsp3) is 0.406. The van der Waals surface area contributed by atoms with Crippen LogP contribution in [0.25, 0.3) is 11.1 Å². The van der Waals surface area contributed by atoms with Crippen LogP contribution in [0.2, 0.25) is 0 Å². The largest absolute Gasteiger partial charge is 0.457 e. The van der Waals surface area contributed by atoms with Crippen molar-refractivity contribution in [1.82, 2.24) is 14.7 Å². The second-order valence-corrected chi connectivity index (χ2v) is 10.7. The van der Waals surface area contributed by atoms with Gasteiger partial charge in [0.25, 0.3) is 0 Å². The van der Waals surface area contributed by atoms with E-state index in [0.29, 0.717) is 12.5 Å². The maximum atomic E-state index is 12.9. The molecule has 1 aliphatic carbocycles. The van der Waals surface area contributed by atoms with E-state index in [2.05, 4.69) is 56.0 Å². The van der Waals surface area contributed by atoms with Gasteiger partial charge in [-0.25, -0.2) is 0 Å². The Kier molecular flexibility index (Phi) is 7.61. The zero-order valence-electron chi connectivity index (χ0n) is 22.2. The summed E-state index contributed by atoms with van der Waals surface area (Å²) in [5, 5.41) is 0. The number of nitrogens with zero attached hydrogens (tertiary/aromatic N) is 4. The Hall–Kier alpha value is -3.35. The van der Waals surface area contributed by atoms with Crippen LogP contribution in [-0.2, 0) is 4.79 Å². The molecule has 2 saturated heterocycles. The average Bonchev–Trinajstić information content (AvgIpc) is 2.94. The van der Waals surface area contributed by atoms with E-state index in [-0.39, 0.29) is 0 Å². The minimum atomic E-state index is 0.299. The summed E-state index contributed by atoms with van der Waals surface area (Å²) < 4.78 is 6.17. The number of carbonyl (C=O) groups is 1. The number of benzene rings is 3. The van der Waals surface area contributed by atoms with Gasteiger partial charge >= 0.3 is 0 Å².